The summed E-state index contributed by atoms with van der Waals surface area (Å²) in [5.74, 6) is 1.81. The lowest BCUT2D eigenvalue weighted by Crippen LogP contribution is -2.09. The number of nitrogens with zero attached hydrogens (tertiary/aromatic N) is 4. The number of methoxy groups -OCH3 is 1. The van der Waals surface area contributed by atoms with Crippen LogP contribution >= 0.6 is 0 Å². The fourth-order valence-electron chi connectivity index (χ4n) is 2.34. The van der Waals surface area contributed by atoms with E-state index in [2.05, 4.69) is 16.1 Å². The Balaban J connectivity index is 1.74. The maximum Gasteiger partial charge on any atom is 0.127 e. The van der Waals surface area contributed by atoms with Crippen molar-refractivity contribution in [1.82, 2.24) is 14.8 Å². The molecule has 5 heteroatoms. The van der Waals surface area contributed by atoms with Gasteiger partial charge in [0.2, 0.25) is 0 Å². The summed E-state index contributed by atoms with van der Waals surface area (Å²) in [7, 11) is 5.63. The van der Waals surface area contributed by atoms with Crippen LogP contribution in [0.15, 0.2) is 55.0 Å². The third kappa shape index (κ3) is 3.51. The Labute approximate surface area is 136 Å². The van der Waals surface area contributed by atoms with E-state index in [1.807, 2.05) is 72.6 Å². The first-order valence-corrected chi connectivity index (χ1v) is 7.45. The highest BCUT2D eigenvalue weighted by Crippen LogP contribution is 2.20. The van der Waals surface area contributed by atoms with E-state index in [0.717, 1.165) is 29.2 Å². The van der Waals surface area contributed by atoms with Gasteiger partial charge in [0, 0.05) is 37.6 Å². The SMILES string of the molecule is COc1ccc(Cn2cc(-c3ccc(N(C)C)nc3)cn2)cc1. The van der Waals surface area contributed by atoms with Crippen LogP contribution < -0.4 is 9.64 Å². The Morgan fingerprint density at radius 1 is 1.00 bits per heavy atom. The molecule has 0 saturated carbocycles. The molecule has 0 unspecified atom stereocenters. The van der Waals surface area contributed by atoms with Crippen molar-refractivity contribution in [3.63, 3.8) is 0 Å². The van der Waals surface area contributed by atoms with Crippen molar-refractivity contribution in [2.75, 3.05) is 26.1 Å². The first-order chi connectivity index (χ1) is 11.2. The molecule has 2 heterocycles. The maximum absolute atomic E-state index is 5.17. The van der Waals surface area contributed by atoms with Crippen LogP contribution in [0.3, 0.4) is 0 Å². The van der Waals surface area contributed by atoms with Crippen molar-refractivity contribution in [2.24, 2.45) is 0 Å². The second-order valence-electron chi connectivity index (χ2n) is 5.57. The lowest BCUT2D eigenvalue weighted by atomic mass is 10.1. The highest BCUT2D eigenvalue weighted by atomic mass is 16.5. The van der Waals surface area contributed by atoms with Gasteiger partial charge < -0.3 is 9.64 Å². The van der Waals surface area contributed by atoms with Crippen LogP contribution in [0.4, 0.5) is 5.82 Å². The average Bonchev–Trinajstić information content (AvgIpc) is 3.04. The number of hydrogen-bond donors (Lipinski definition) is 0. The molecule has 2 aromatic heterocycles. The fourth-order valence-corrected chi connectivity index (χ4v) is 2.34. The van der Waals surface area contributed by atoms with E-state index in [4.69, 9.17) is 4.74 Å². The molecular weight excluding hydrogens is 288 g/mol. The topological polar surface area (TPSA) is 43.2 Å². The number of anilines is 1. The predicted octanol–water partition coefficient (Wildman–Crippen LogP) is 3.07. The van der Waals surface area contributed by atoms with Crippen LogP contribution in [-0.2, 0) is 6.54 Å². The molecule has 0 radical (unpaired) electrons. The van der Waals surface area contributed by atoms with Gasteiger partial charge in [-0.15, -0.1) is 0 Å². The van der Waals surface area contributed by atoms with Crippen molar-refractivity contribution in [3.05, 3.63) is 60.6 Å². The molecule has 5 nitrogen and oxygen atoms in total. The fraction of sp³-hybridized carbons (Fsp3) is 0.222. The Bertz CT molecular complexity index is 760. The van der Waals surface area contributed by atoms with E-state index in [0.29, 0.717) is 0 Å². The van der Waals surface area contributed by atoms with Crippen LogP contribution in [-0.4, -0.2) is 36.0 Å². The molecule has 0 aliphatic carbocycles. The summed E-state index contributed by atoms with van der Waals surface area (Å²) in [6.45, 7) is 0.729. The molecule has 0 N–H and O–H groups in total. The second-order valence-corrected chi connectivity index (χ2v) is 5.57. The first-order valence-electron chi connectivity index (χ1n) is 7.45. The number of hydrogen-bond acceptors (Lipinski definition) is 4. The van der Waals surface area contributed by atoms with Gasteiger partial charge in [-0.1, -0.05) is 12.1 Å². The van der Waals surface area contributed by atoms with Gasteiger partial charge in [-0.05, 0) is 29.8 Å². The zero-order valence-electron chi connectivity index (χ0n) is 13.6. The summed E-state index contributed by atoms with van der Waals surface area (Å²) in [6.07, 6.45) is 5.79. The van der Waals surface area contributed by atoms with Crippen LogP contribution in [0.2, 0.25) is 0 Å². The summed E-state index contributed by atoms with van der Waals surface area (Å²) in [5.41, 5.74) is 3.31. The van der Waals surface area contributed by atoms with E-state index in [9.17, 15) is 0 Å². The number of pyridine rings is 1. The van der Waals surface area contributed by atoms with Crippen LogP contribution in [0.1, 0.15) is 5.56 Å². The Hall–Kier alpha value is -2.82. The lowest BCUT2D eigenvalue weighted by Gasteiger charge is -2.10. The van der Waals surface area contributed by atoms with Gasteiger partial charge in [0.25, 0.3) is 0 Å². The smallest absolute Gasteiger partial charge is 0.127 e. The van der Waals surface area contributed by atoms with Crippen molar-refractivity contribution in [1.29, 1.82) is 0 Å². The van der Waals surface area contributed by atoms with Gasteiger partial charge in [0.1, 0.15) is 11.6 Å². The van der Waals surface area contributed by atoms with Crippen molar-refractivity contribution in [2.45, 2.75) is 6.54 Å². The van der Waals surface area contributed by atoms with Crippen molar-refractivity contribution >= 4 is 5.82 Å². The van der Waals surface area contributed by atoms with Crippen molar-refractivity contribution in [3.8, 4) is 16.9 Å². The minimum absolute atomic E-state index is 0.729. The highest BCUT2D eigenvalue weighted by molar-refractivity contribution is 5.62. The number of rotatable bonds is 5. The maximum atomic E-state index is 5.17. The van der Waals surface area contributed by atoms with Crippen LogP contribution in [0.5, 0.6) is 5.75 Å². The Kier molecular flexibility index (Phi) is 4.28. The van der Waals surface area contributed by atoms with Crippen LogP contribution in [0, 0.1) is 0 Å². The van der Waals surface area contributed by atoms with Gasteiger partial charge in [-0.2, -0.15) is 5.10 Å². The molecule has 0 amide bonds. The molecule has 118 valence electrons. The largest absolute Gasteiger partial charge is 0.497 e. The van der Waals surface area contributed by atoms with Gasteiger partial charge in [0.15, 0.2) is 0 Å². The zero-order chi connectivity index (χ0) is 16.2. The monoisotopic (exact) mass is 308 g/mol. The van der Waals surface area contributed by atoms with E-state index >= 15 is 0 Å². The third-order valence-corrected chi connectivity index (χ3v) is 3.68. The minimum atomic E-state index is 0.729. The predicted molar refractivity (Wildman–Crippen MR) is 91.9 cm³/mol. The van der Waals surface area contributed by atoms with Gasteiger partial charge in [-0.3, -0.25) is 4.68 Å². The van der Waals surface area contributed by atoms with Gasteiger partial charge in [0.05, 0.1) is 19.9 Å². The molecule has 0 aliphatic heterocycles. The Morgan fingerprint density at radius 3 is 2.39 bits per heavy atom. The van der Waals surface area contributed by atoms with Crippen molar-refractivity contribution < 1.29 is 4.74 Å². The number of ether oxygens (including phenoxy) is 1. The molecule has 0 saturated heterocycles. The summed E-state index contributed by atoms with van der Waals surface area (Å²) < 4.78 is 7.10. The molecule has 1 aromatic carbocycles. The van der Waals surface area contributed by atoms with E-state index in [-0.39, 0.29) is 0 Å². The number of aromatic nitrogens is 3. The van der Waals surface area contributed by atoms with Gasteiger partial charge in [-0.25, -0.2) is 4.98 Å². The zero-order valence-corrected chi connectivity index (χ0v) is 13.6. The molecule has 0 aliphatic rings. The molecule has 3 rings (SSSR count). The summed E-state index contributed by atoms with van der Waals surface area (Å²) in [6, 6.07) is 12.1. The summed E-state index contributed by atoms with van der Waals surface area (Å²) >= 11 is 0. The first kappa shape index (κ1) is 15.1. The molecule has 0 spiro atoms. The standard InChI is InChI=1S/C18H20N4O/c1-21(2)18-9-6-15(10-19-18)16-11-20-22(13-16)12-14-4-7-17(23-3)8-5-14/h4-11,13H,12H2,1-3H3. The quantitative estimate of drug-likeness (QED) is 0.726. The normalized spacial score (nSPS) is 10.6. The highest BCUT2D eigenvalue weighted by Gasteiger charge is 2.04. The number of benzene rings is 1. The van der Waals surface area contributed by atoms with E-state index < -0.39 is 0 Å². The molecular formula is C18H20N4O. The third-order valence-electron chi connectivity index (χ3n) is 3.68. The minimum Gasteiger partial charge on any atom is -0.497 e. The van der Waals surface area contributed by atoms with Crippen LogP contribution in [0.25, 0.3) is 11.1 Å². The molecule has 0 fully saturated rings. The average molecular weight is 308 g/mol. The molecule has 23 heavy (non-hydrogen) atoms. The van der Waals surface area contributed by atoms with E-state index in [1.54, 1.807) is 7.11 Å². The lowest BCUT2D eigenvalue weighted by molar-refractivity contribution is 0.414. The Morgan fingerprint density at radius 2 is 1.78 bits per heavy atom. The van der Waals surface area contributed by atoms with Gasteiger partial charge >= 0.3 is 0 Å². The summed E-state index contributed by atoms with van der Waals surface area (Å²) in [5, 5.41) is 4.44. The van der Waals surface area contributed by atoms with E-state index in [1.165, 1.54) is 5.56 Å². The molecule has 3 aromatic rings. The molecule has 0 atom stereocenters. The molecule has 0 bridgehead atoms. The summed E-state index contributed by atoms with van der Waals surface area (Å²) in [4.78, 5) is 6.42. The second kappa shape index (κ2) is 6.52.